The molecular formula is C17H16O. The van der Waals surface area contributed by atoms with Gasteiger partial charge in [-0.3, -0.25) is 4.79 Å². The molecule has 0 unspecified atom stereocenters. The predicted octanol–water partition coefficient (Wildman–Crippen LogP) is 4.18. The van der Waals surface area contributed by atoms with Crippen molar-refractivity contribution in [3.8, 4) is 11.1 Å². The fourth-order valence-corrected chi connectivity index (χ4v) is 2.71. The van der Waals surface area contributed by atoms with E-state index < -0.39 is 0 Å². The molecule has 18 heavy (non-hydrogen) atoms. The highest BCUT2D eigenvalue weighted by Gasteiger charge is 2.17. The van der Waals surface area contributed by atoms with Gasteiger partial charge in [0.15, 0.2) is 5.78 Å². The molecule has 0 saturated heterocycles. The van der Waals surface area contributed by atoms with Crippen LogP contribution in [0.15, 0.2) is 42.5 Å². The van der Waals surface area contributed by atoms with E-state index in [0.717, 1.165) is 18.4 Å². The van der Waals surface area contributed by atoms with Gasteiger partial charge in [-0.1, -0.05) is 42.5 Å². The number of ketones is 1. The quantitative estimate of drug-likeness (QED) is 0.726. The lowest BCUT2D eigenvalue weighted by Crippen LogP contribution is -2.10. The summed E-state index contributed by atoms with van der Waals surface area (Å²) in [6, 6.07) is 14.6. The molecule has 1 heteroatoms. The maximum Gasteiger partial charge on any atom is 0.163 e. The number of fused-ring (bicyclic) bond motifs is 1. The van der Waals surface area contributed by atoms with Crippen LogP contribution < -0.4 is 0 Å². The van der Waals surface area contributed by atoms with E-state index in [1.807, 2.05) is 6.07 Å². The number of aryl methyl sites for hydroxylation is 2. The molecule has 1 aliphatic carbocycles. The minimum absolute atomic E-state index is 0.299. The Balaban J connectivity index is 2.10. The minimum Gasteiger partial charge on any atom is -0.294 e. The summed E-state index contributed by atoms with van der Waals surface area (Å²) in [5, 5.41) is 0. The third-order valence-electron chi connectivity index (χ3n) is 3.71. The molecule has 1 nitrogen and oxygen atoms in total. The zero-order chi connectivity index (χ0) is 12.5. The normalized spacial score (nSPS) is 14.4. The van der Waals surface area contributed by atoms with Gasteiger partial charge in [-0.05, 0) is 42.0 Å². The molecule has 0 amide bonds. The van der Waals surface area contributed by atoms with Gasteiger partial charge in [-0.25, -0.2) is 0 Å². The molecule has 0 radical (unpaired) electrons. The topological polar surface area (TPSA) is 17.1 Å². The van der Waals surface area contributed by atoms with Crippen LogP contribution in [0.1, 0.15) is 34.3 Å². The number of carbonyl (C=O) groups excluding carboxylic acids is 1. The van der Waals surface area contributed by atoms with Crippen molar-refractivity contribution in [2.45, 2.75) is 26.2 Å². The SMILES string of the molecule is Cc1ccccc1-c1ccc2c(c1)CCCC2=O. The number of hydrogen-bond donors (Lipinski definition) is 0. The zero-order valence-electron chi connectivity index (χ0n) is 10.6. The van der Waals surface area contributed by atoms with Crippen LogP contribution in [-0.2, 0) is 6.42 Å². The summed E-state index contributed by atoms with van der Waals surface area (Å²) in [4.78, 5) is 11.8. The Morgan fingerprint density at radius 3 is 2.61 bits per heavy atom. The van der Waals surface area contributed by atoms with Crippen LogP contribution in [0.4, 0.5) is 0 Å². The third kappa shape index (κ3) is 1.86. The molecule has 0 heterocycles. The lowest BCUT2D eigenvalue weighted by molar-refractivity contribution is 0.0972. The highest BCUT2D eigenvalue weighted by molar-refractivity contribution is 5.99. The van der Waals surface area contributed by atoms with Crippen molar-refractivity contribution in [3.05, 3.63) is 59.2 Å². The number of benzene rings is 2. The molecule has 2 aromatic carbocycles. The van der Waals surface area contributed by atoms with Gasteiger partial charge in [0.2, 0.25) is 0 Å². The van der Waals surface area contributed by atoms with Crippen molar-refractivity contribution in [2.24, 2.45) is 0 Å². The van der Waals surface area contributed by atoms with E-state index in [4.69, 9.17) is 0 Å². The number of rotatable bonds is 1. The summed E-state index contributed by atoms with van der Waals surface area (Å²) in [5.74, 6) is 0.299. The molecule has 0 fully saturated rings. The van der Waals surface area contributed by atoms with Crippen LogP contribution in [0, 0.1) is 6.92 Å². The first-order valence-electron chi connectivity index (χ1n) is 6.48. The Bertz CT molecular complexity index is 611. The molecule has 90 valence electrons. The second-order valence-corrected chi connectivity index (χ2v) is 4.96. The van der Waals surface area contributed by atoms with Crippen molar-refractivity contribution < 1.29 is 4.79 Å². The highest BCUT2D eigenvalue weighted by atomic mass is 16.1. The van der Waals surface area contributed by atoms with Crippen LogP contribution >= 0.6 is 0 Å². The zero-order valence-corrected chi connectivity index (χ0v) is 10.6. The standard InChI is InChI=1S/C17H16O/c1-12-5-2-3-7-15(12)14-9-10-16-13(11-14)6-4-8-17(16)18/h2-3,5,7,9-11H,4,6,8H2,1H3. The summed E-state index contributed by atoms with van der Waals surface area (Å²) >= 11 is 0. The van der Waals surface area contributed by atoms with Crippen LogP contribution in [0.25, 0.3) is 11.1 Å². The minimum atomic E-state index is 0.299. The summed E-state index contributed by atoms with van der Waals surface area (Å²) in [5.41, 5.74) is 5.91. The van der Waals surface area contributed by atoms with Crippen LogP contribution in [-0.4, -0.2) is 5.78 Å². The third-order valence-corrected chi connectivity index (χ3v) is 3.71. The molecule has 0 bridgehead atoms. The van der Waals surface area contributed by atoms with E-state index in [0.29, 0.717) is 12.2 Å². The largest absolute Gasteiger partial charge is 0.294 e. The van der Waals surface area contributed by atoms with Gasteiger partial charge in [0.05, 0.1) is 0 Å². The van der Waals surface area contributed by atoms with E-state index in [-0.39, 0.29) is 0 Å². The number of hydrogen-bond acceptors (Lipinski definition) is 1. The first-order chi connectivity index (χ1) is 8.75. The fourth-order valence-electron chi connectivity index (χ4n) is 2.71. The molecule has 0 aromatic heterocycles. The maximum atomic E-state index is 11.8. The lowest BCUT2D eigenvalue weighted by Gasteiger charge is -2.16. The Morgan fingerprint density at radius 1 is 0.944 bits per heavy atom. The average molecular weight is 236 g/mol. The van der Waals surface area contributed by atoms with Crippen LogP contribution in [0.5, 0.6) is 0 Å². The van der Waals surface area contributed by atoms with Crippen molar-refractivity contribution >= 4 is 5.78 Å². The van der Waals surface area contributed by atoms with Crippen LogP contribution in [0.2, 0.25) is 0 Å². The predicted molar refractivity (Wildman–Crippen MR) is 73.9 cm³/mol. The van der Waals surface area contributed by atoms with Gasteiger partial charge < -0.3 is 0 Å². The van der Waals surface area contributed by atoms with Gasteiger partial charge >= 0.3 is 0 Å². The molecule has 2 aromatic rings. The first kappa shape index (κ1) is 11.2. The van der Waals surface area contributed by atoms with Crippen molar-refractivity contribution in [1.29, 1.82) is 0 Å². The van der Waals surface area contributed by atoms with E-state index in [1.54, 1.807) is 0 Å². The van der Waals surface area contributed by atoms with Gasteiger partial charge in [0.25, 0.3) is 0 Å². The molecule has 1 aliphatic rings. The smallest absolute Gasteiger partial charge is 0.163 e. The lowest BCUT2D eigenvalue weighted by atomic mass is 9.87. The summed E-state index contributed by atoms with van der Waals surface area (Å²) in [6.07, 6.45) is 2.72. The Labute approximate surface area is 107 Å². The van der Waals surface area contributed by atoms with E-state index in [2.05, 4.69) is 43.3 Å². The molecule has 0 atom stereocenters. The molecular weight excluding hydrogens is 220 g/mol. The summed E-state index contributed by atoms with van der Waals surface area (Å²) in [7, 11) is 0. The van der Waals surface area contributed by atoms with E-state index in [1.165, 1.54) is 22.3 Å². The average Bonchev–Trinajstić information content (AvgIpc) is 2.39. The van der Waals surface area contributed by atoms with E-state index >= 15 is 0 Å². The second kappa shape index (κ2) is 4.41. The van der Waals surface area contributed by atoms with Gasteiger partial charge in [-0.15, -0.1) is 0 Å². The molecule has 0 aliphatic heterocycles. The van der Waals surface area contributed by atoms with Crippen molar-refractivity contribution in [1.82, 2.24) is 0 Å². The number of Topliss-reactive ketones (excluding diaryl/α,β-unsaturated/α-hetero) is 1. The fraction of sp³-hybridized carbons (Fsp3) is 0.235. The maximum absolute atomic E-state index is 11.8. The van der Waals surface area contributed by atoms with Crippen molar-refractivity contribution in [2.75, 3.05) is 0 Å². The molecule has 0 N–H and O–H groups in total. The Hall–Kier alpha value is -1.89. The summed E-state index contributed by atoms with van der Waals surface area (Å²) in [6.45, 7) is 2.12. The second-order valence-electron chi connectivity index (χ2n) is 4.96. The van der Waals surface area contributed by atoms with Gasteiger partial charge in [0.1, 0.15) is 0 Å². The van der Waals surface area contributed by atoms with Gasteiger partial charge in [-0.2, -0.15) is 0 Å². The first-order valence-corrected chi connectivity index (χ1v) is 6.48. The highest BCUT2D eigenvalue weighted by Crippen LogP contribution is 2.29. The molecule has 0 spiro atoms. The van der Waals surface area contributed by atoms with E-state index in [9.17, 15) is 4.79 Å². The number of carbonyl (C=O) groups is 1. The summed E-state index contributed by atoms with van der Waals surface area (Å²) < 4.78 is 0. The Kier molecular flexibility index (Phi) is 2.75. The molecule has 0 saturated carbocycles. The monoisotopic (exact) mass is 236 g/mol. The van der Waals surface area contributed by atoms with Crippen molar-refractivity contribution in [3.63, 3.8) is 0 Å². The molecule has 3 rings (SSSR count). The van der Waals surface area contributed by atoms with Crippen LogP contribution in [0.3, 0.4) is 0 Å². The Morgan fingerprint density at radius 2 is 1.78 bits per heavy atom. The van der Waals surface area contributed by atoms with Gasteiger partial charge in [0, 0.05) is 12.0 Å².